The summed E-state index contributed by atoms with van der Waals surface area (Å²) in [5.74, 6) is -1.72. The lowest BCUT2D eigenvalue weighted by atomic mass is 10.2. The lowest BCUT2D eigenvalue weighted by molar-refractivity contribution is -0.139. The van der Waals surface area contributed by atoms with Gasteiger partial charge in [0.05, 0.1) is 5.69 Å². The molecule has 0 spiro atoms. The second-order valence-corrected chi connectivity index (χ2v) is 4.82. The molecule has 5 nitrogen and oxygen atoms in total. The number of urea groups is 1. The van der Waals surface area contributed by atoms with E-state index in [1.807, 2.05) is 6.92 Å². The molecule has 0 aliphatic rings. The Balaban J connectivity index is 2.66. The Morgan fingerprint density at radius 3 is 2.68 bits per heavy atom. The van der Waals surface area contributed by atoms with E-state index in [1.54, 1.807) is 6.07 Å². The first-order valence-corrected chi connectivity index (χ1v) is 6.48. The van der Waals surface area contributed by atoms with Gasteiger partial charge in [0.1, 0.15) is 11.9 Å². The highest BCUT2D eigenvalue weighted by molar-refractivity contribution is 9.10. The molecule has 0 saturated heterocycles. The maximum atomic E-state index is 13.5. The Hall–Kier alpha value is -1.63. The summed E-state index contributed by atoms with van der Waals surface area (Å²) >= 11 is 3.10. The molecule has 0 aliphatic heterocycles. The van der Waals surface area contributed by atoms with Gasteiger partial charge in [-0.1, -0.05) is 29.3 Å². The molecule has 0 aromatic heterocycles. The maximum Gasteiger partial charge on any atom is 0.326 e. The molecule has 0 aliphatic carbocycles. The minimum Gasteiger partial charge on any atom is -0.480 e. The lowest BCUT2D eigenvalue weighted by Crippen LogP contribution is -2.43. The van der Waals surface area contributed by atoms with Gasteiger partial charge in [-0.25, -0.2) is 14.0 Å². The maximum absolute atomic E-state index is 13.5. The van der Waals surface area contributed by atoms with E-state index in [9.17, 15) is 14.0 Å². The highest BCUT2D eigenvalue weighted by atomic mass is 79.9. The van der Waals surface area contributed by atoms with Gasteiger partial charge in [0.25, 0.3) is 0 Å². The van der Waals surface area contributed by atoms with Crippen molar-refractivity contribution in [2.45, 2.75) is 25.8 Å². The van der Waals surface area contributed by atoms with Crippen molar-refractivity contribution in [3.63, 3.8) is 0 Å². The quantitative estimate of drug-likeness (QED) is 0.775. The Morgan fingerprint density at radius 1 is 1.47 bits per heavy atom. The number of carboxylic acids is 1. The van der Waals surface area contributed by atoms with Gasteiger partial charge in [0, 0.05) is 4.47 Å². The van der Waals surface area contributed by atoms with E-state index in [1.165, 1.54) is 12.1 Å². The predicted octanol–water partition coefficient (Wildman–Crippen LogP) is 2.96. The van der Waals surface area contributed by atoms with Crippen LogP contribution in [0.5, 0.6) is 0 Å². The van der Waals surface area contributed by atoms with Gasteiger partial charge in [-0.05, 0) is 24.6 Å². The summed E-state index contributed by atoms with van der Waals surface area (Å²) in [7, 11) is 0. The van der Waals surface area contributed by atoms with Crippen molar-refractivity contribution in [3.8, 4) is 0 Å². The second-order valence-electron chi connectivity index (χ2n) is 3.90. The summed E-state index contributed by atoms with van der Waals surface area (Å²) in [6, 6.07) is 2.43. The monoisotopic (exact) mass is 332 g/mol. The van der Waals surface area contributed by atoms with Gasteiger partial charge < -0.3 is 15.7 Å². The minimum atomic E-state index is -1.12. The lowest BCUT2D eigenvalue weighted by Gasteiger charge is -2.14. The molecule has 1 aromatic carbocycles. The highest BCUT2D eigenvalue weighted by Gasteiger charge is 2.19. The summed E-state index contributed by atoms with van der Waals surface area (Å²) in [4.78, 5) is 22.4. The van der Waals surface area contributed by atoms with Crippen LogP contribution in [0.4, 0.5) is 14.9 Å². The van der Waals surface area contributed by atoms with Crippen LogP contribution in [0.25, 0.3) is 0 Å². The number of carbonyl (C=O) groups is 2. The topological polar surface area (TPSA) is 78.4 Å². The van der Waals surface area contributed by atoms with Crippen LogP contribution in [0.1, 0.15) is 19.8 Å². The summed E-state index contributed by atoms with van der Waals surface area (Å²) in [5.41, 5.74) is -0.0127. The van der Waals surface area contributed by atoms with Gasteiger partial charge in [-0.2, -0.15) is 0 Å². The van der Waals surface area contributed by atoms with Crippen LogP contribution in [-0.2, 0) is 4.79 Å². The van der Waals surface area contributed by atoms with E-state index in [0.29, 0.717) is 17.3 Å². The molecule has 1 rings (SSSR count). The van der Waals surface area contributed by atoms with E-state index < -0.39 is 23.9 Å². The molecule has 104 valence electrons. The van der Waals surface area contributed by atoms with Crippen LogP contribution < -0.4 is 10.6 Å². The largest absolute Gasteiger partial charge is 0.480 e. The molecule has 1 aromatic rings. The number of hydrogen-bond donors (Lipinski definition) is 3. The summed E-state index contributed by atoms with van der Waals surface area (Å²) in [5, 5.41) is 13.4. The Bertz CT molecular complexity index is 482. The Kier molecular flexibility index (Phi) is 5.75. The number of anilines is 1. The molecule has 0 heterocycles. The van der Waals surface area contributed by atoms with Gasteiger partial charge in [-0.15, -0.1) is 0 Å². The van der Waals surface area contributed by atoms with Crippen molar-refractivity contribution in [2.24, 2.45) is 0 Å². The fourth-order valence-corrected chi connectivity index (χ4v) is 1.79. The number of benzene rings is 1. The third kappa shape index (κ3) is 4.86. The third-order valence-corrected chi connectivity index (χ3v) is 2.85. The smallest absolute Gasteiger partial charge is 0.326 e. The predicted molar refractivity (Wildman–Crippen MR) is 72.6 cm³/mol. The number of hydrogen-bond acceptors (Lipinski definition) is 2. The summed E-state index contributed by atoms with van der Waals surface area (Å²) in [6.07, 6.45) is 0.926. The third-order valence-electron chi connectivity index (χ3n) is 2.36. The van der Waals surface area contributed by atoms with Gasteiger partial charge >= 0.3 is 12.0 Å². The first-order valence-electron chi connectivity index (χ1n) is 5.69. The first-order chi connectivity index (χ1) is 8.93. The van der Waals surface area contributed by atoms with Crippen molar-refractivity contribution < 1.29 is 19.1 Å². The molecule has 0 saturated carbocycles. The summed E-state index contributed by atoms with van der Waals surface area (Å²) < 4.78 is 14.0. The van der Waals surface area contributed by atoms with Gasteiger partial charge in [0.15, 0.2) is 0 Å². The van der Waals surface area contributed by atoms with Gasteiger partial charge in [0.2, 0.25) is 0 Å². The highest BCUT2D eigenvalue weighted by Crippen LogP contribution is 2.19. The number of aliphatic carboxylic acids is 1. The molecule has 7 heteroatoms. The van der Waals surface area contributed by atoms with E-state index >= 15 is 0 Å². The standard InChI is InChI=1S/C12H14BrFN2O3/c1-2-3-10(11(17)18)16-12(19)15-9-5-4-7(13)6-8(9)14/h4-6,10H,2-3H2,1H3,(H,17,18)(H2,15,16,19)/t10-/m1/s1. The molecule has 0 fully saturated rings. The van der Waals surface area contributed by atoms with Gasteiger partial charge in [-0.3, -0.25) is 0 Å². The Labute approximate surface area is 118 Å². The van der Waals surface area contributed by atoms with E-state index in [-0.39, 0.29) is 5.69 Å². The normalized spacial score (nSPS) is 11.7. The van der Waals surface area contributed by atoms with Crippen LogP contribution in [0, 0.1) is 5.82 Å². The first kappa shape index (κ1) is 15.4. The molecular formula is C12H14BrFN2O3. The molecule has 0 bridgehead atoms. The number of amides is 2. The molecule has 2 amide bonds. The number of halogens is 2. The van der Waals surface area contributed by atoms with Crippen molar-refractivity contribution in [3.05, 3.63) is 28.5 Å². The SMILES string of the molecule is CCC[C@@H](NC(=O)Nc1ccc(Br)cc1F)C(=O)O. The zero-order chi connectivity index (χ0) is 14.4. The van der Waals surface area contributed by atoms with Crippen LogP contribution in [0.2, 0.25) is 0 Å². The molecule has 3 N–H and O–H groups in total. The van der Waals surface area contributed by atoms with E-state index in [4.69, 9.17) is 5.11 Å². The van der Waals surface area contributed by atoms with Crippen LogP contribution in [0.15, 0.2) is 22.7 Å². The van der Waals surface area contributed by atoms with Crippen molar-refractivity contribution in [2.75, 3.05) is 5.32 Å². The number of nitrogens with one attached hydrogen (secondary N) is 2. The molecule has 1 atom stereocenters. The molecule has 19 heavy (non-hydrogen) atoms. The fourth-order valence-electron chi connectivity index (χ4n) is 1.45. The van der Waals surface area contributed by atoms with E-state index in [2.05, 4.69) is 26.6 Å². The van der Waals surface area contributed by atoms with Crippen LogP contribution in [0.3, 0.4) is 0 Å². The van der Waals surface area contributed by atoms with Crippen LogP contribution >= 0.6 is 15.9 Å². The van der Waals surface area contributed by atoms with E-state index in [0.717, 1.165) is 0 Å². The second kappa shape index (κ2) is 7.08. The molecule has 0 radical (unpaired) electrons. The zero-order valence-corrected chi connectivity index (χ0v) is 11.8. The number of carboxylic acid groups (broad SMARTS) is 1. The minimum absolute atomic E-state index is 0.0127. The molecule has 0 unspecified atom stereocenters. The van der Waals surface area contributed by atoms with Crippen molar-refractivity contribution in [1.82, 2.24) is 5.32 Å². The number of rotatable bonds is 5. The Morgan fingerprint density at radius 2 is 2.16 bits per heavy atom. The average Bonchev–Trinajstić information content (AvgIpc) is 2.32. The fraction of sp³-hybridized carbons (Fsp3) is 0.333. The zero-order valence-electron chi connectivity index (χ0n) is 10.2. The average molecular weight is 333 g/mol. The van der Waals surface area contributed by atoms with Crippen molar-refractivity contribution in [1.29, 1.82) is 0 Å². The van der Waals surface area contributed by atoms with Crippen LogP contribution in [-0.4, -0.2) is 23.1 Å². The number of carbonyl (C=O) groups excluding carboxylic acids is 1. The summed E-state index contributed by atoms with van der Waals surface area (Å²) in [6.45, 7) is 1.81. The molecular weight excluding hydrogens is 319 g/mol. The van der Waals surface area contributed by atoms with Crippen molar-refractivity contribution >= 4 is 33.6 Å².